The Kier molecular flexibility index (Phi) is 4.90. The summed E-state index contributed by atoms with van der Waals surface area (Å²) >= 11 is 0. The van der Waals surface area contributed by atoms with Crippen molar-refractivity contribution in [2.24, 2.45) is 0 Å². The molecule has 0 radical (unpaired) electrons. The van der Waals surface area contributed by atoms with Crippen LogP contribution in [0, 0.1) is 11.8 Å². The Morgan fingerprint density at radius 2 is 2.00 bits per heavy atom. The first-order valence-corrected chi connectivity index (χ1v) is 5.18. The van der Waals surface area contributed by atoms with Gasteiger partial charge in [-0.2, -0.15) is 0 Å². The van der Waals surface area contributed by atoms with Crippen LogP contribution in [0.2, 0.25) is 0 Å². The lowest BCUT2D eigenvalue weighted by molar-refractivity contribution is 0.0600. The molecule has 0 aromatic heterocycles. The molecule has 1 aromatic rings. The minimum Gasteiger partial charge on any atom is -0.478 e. The maximum Gasteiger partial charge on any atom is 0.337 e. The molecule has 5 nitrogen and oxygen atoms in total. The predicted octanol–water partition coefficient (Wildman–Crippen LogP) is 0.742. The van der Waals surface area contributed by atoms with Gasteiger partial charge in [-0.05, 0) is 25.2 Å². The van der Waals surface area contributed by atoms with Gasteiger partial charge in [0.15, 0.2) is 0 Å². The fraction of sp³-hybridized carbons (Fsp3) is 0.231. The van der Waals surface area contributed by atoms with E-state index in [1.807, 2.05) is 0 Å². The van der Waals surface area contributed by atoms with Crippen molar-refractivity contribution in [3.63, 3.8) is 0 Å². The maximum atomic E-state index is 11.4. The van der Waals surface area contributed by atoms with E-state index < -0.39 is 11.9 Å². The van der Waals surface area contributed by atoms with E-state index in [2.05, 4.69) is 21.9 Å². The van der Waals surface area contributed by atoms with Crippen molar-refractivity contribution in [3.8, 4) is 11.8 Å². The average Bonchev–Trinajstić information content (AvgIpc) is 2.37. The minimum absolute atomic E-state index is 0.00616. The first-order valence-electron chi connectivity index (χ1n) is 5.18. The zero-order chi connectivity index (χ0) is 13.5. The third-order valence-electron chi connectivity index (χ3n) is 2.10. The Balaban J connectivity index is 3.19. The Morgan fingerprint density at radius 3 is 2.56 bits per heavy atom. The molecule has 0 amide bonds. The SMILES string of the molecule is CNCC#Cc1cc(C(=O)O)cc(C(=O)OC)c1. The van der Waals surface area contributed by atoms with E-state index >= 15 is 0 Å². The molecule has 0 aliphatic heterocycles. The second-order valence-electron chi connectivity index (χ2n) is 3.43. The largest absolute Gasteiger partial charge is 0.478 e. The number of carbonyl (C=O) groups excluding carboxylic acids is 1. The summed E-state index contributed by atoms with van der Waals surface area (Å²) < 4.78 is 4.56. The lowest BCUT2D eigenvalue weighted by Crippen LogP contribution is -2.06. The van der Waals surface area contributed by atoms with Gasteiger partial charge >= 0.3 is 11.9 Å². The van der Waals surface area contributed by atoms with Crippen molar-refractivity contribution in [3.05, 3.63) is 34.9 Å². The molecule has 1 rings (SSSR count). The normalized spacial score (nSPS) is 9.22. The third kappa shape index (κ3) is 3.61. The minimum atomic E-state index is -1.11. The topological polar surface area (TPSA) is 75.6 Å². The zero-order valence-corrected chi connectivity index (χ0v) is 10.1. The molecule has 18 heavy (non-hydrogen) atoms. The molecule has 1 aromatic carbocycles. The van der Waals surface area contributed by atoms with Crippen molar-refractivity contribution in [1.82, 2.24) is 5.32 Å². The molecule has 0 saturated heterocycles. The monoisotopic (exact) mass is 247 g/mol. The van der Waals surface area contributed by atoms with Crippen molar-refractivity contribution >= 4 is 11.9 Å². The predicted molar refractivity (Wildman–Crippen MR) is 65.5 cm³/mol. The number of carbonyl (C=O) groups is 2. The van der Waals surface area contributed by atoms with Gasteiger partial charge in [-0.15, -0.1) is 0 Å². The highest BCUT2D eigenvalue weighted by atomic mass is 16.5. The number of nitrogens with one attached hydrogen (secondary N) is 1. The standard InChI is InChI=1S/C13H13NO4/c1-14-5-3-4-9-6-10(12(15)16)8-11(7-9)13(17)18-2/h6-8,14H,5H2,1-2H3,(H,15,16). The Morgan fingerprint density at radius 1 is 1.33 bits per heavy atom. The molecule has 0 bridgehead atoms. The van der Waals surface area contributed by atoms with Crippen LogP contribution in [-0.4, -0.2) is 37.7 Å². The molecule has 0 unspecified atom stereocenters. The van der Waals surface area contributed by atoms with E-state index in [0.717, 1.165) is 0 Å². The number of hydrogen-bond acceptors (Lipinski definition) is 4. The van der Waals surface area contributed by atoms with Crippen molar-refractivity contribution in [2.45, 2.75) is 0 Å². The molecule has 0 heterocycles. The van der Waals surface area contributed by atoms with Gasteiger partial charge in [0.1, 0.15) is 0 Å². The number of carboxylic acid groups (broad SMARTS) is 1. The second-order valence-corrected chi connectivity index (χ2v) is 3.43. The molecule has 0 spiro atoms. The number of methoxy groups -OCH3 is 1. The quantitative estimate of drug-likeness (QED) is 0.608. The summed E-state index contributed by atoms with van der Waals surface area (Å²) in [6, 6.07) is 4.18. The summed E-state index contributed by atoms with van der Waals surface area (Å²) in [5.41, 5.74) is 0.642. The van der Waals surface area contributed by atoms with Gasteiger partial charge < -0.3 is 15.2 Å². The van der Waals surface area contributed by atoms with Gasteiger partial charge in [-0.25, -0.2) is 9.59 Å². The van der Waals surface area contributed by atoms with E-state index in [9.17, 15) is 9.59 Å². The number of carboxylic acids is 1. The highest BCUT2D eigenvalue weighted by molar-refractivity contribution is 5.95. The fourth-order valence-electron chi connectivity index (χ4n) is 1.29. The first kappa shape index (κ1) is 13.7. The number of benzene rings is 1. The van der Waals surface area contributed by atoms with E-state index in [4.69, 9.17) is 5.11 Å². The number of rotatable bonds is 3. The summed E-state index contributed by atoms with van der Waals surface area (Å²) in [5.74, 6) is 3.87. The Bertz CT molecular complexity index is 526. The highest BCUT2D eigenvalue weighted by Crippen LogP contribution is 2.11. The molecule has 94 valence electrons. The van der Waals surface area contributed by atoms with Gasteiger partial charge in [-0.1, -0.05) is 11.8 Å². The van der Waals surface area contributed by atoms with Crippen molar-refractivity contribution in [2.75, 3.05) is 20.7 Å². The molecular weight excluding hydrogens is 234 g/mol. The molecule has 0 saturated carbocycles. The second kappa shape index (κ2) is 6.42. The third-order valence-corrected chi connectivity index (χ3v) is 2.10. The van der Waals surface area contributed by atoms with E-state index in [0.29, 0.717) is 12.1 Å². The zero-order valence-electron chi connectivity index (χ0n) is 10.1. The number of esters is 1. The summed E-state index contributed by atoms with van der Waals surface area (Å²) in [7, 11) is 2.99. The molecule has 0 aliphatic rings. The highest BCUT2D eigenvalue weighted by Gasteiger charge is 2.11. The van der Waals surface area contributed by atoms with Crippen LogP contribution in [0.15, 0.2) is 18.2 Å². The molecule has 0 atom stereocenters. The molecule has 5 heteroatoms. The van der Waals surface area contributed by atoms with Crippen LogP contribution >= 0.6 is 0 Å². The van der Waals surface area contributed by atoms with Gasteiger partial charge in [0.25, 0.3) is 0 Å². The van der Waals surface area contributed by atoms with Gasteiger partial charge in [0, 0.05) is 5.56 Å². The molecule has 0 fully saturated rings. The van der Waals surface area contributed by atoms with E-state index in [1.165, 1.54) is 25.3 Å². The number of ether oxygens (including phenoxy) is 1. The van der Waals surface area contributed by atoms with Crippen LogP contribution in [0.25, 0.3) is 0 Å². The van der Waals surface area contributed by atoms with Crippen molar-refractivity contribution in [1.29, 1.82) is 0 Å². The van der Waals surface area contributed by atoms with Gasteiger partial charge in [0.2, 0.25) is 0 Å². The molecular formula is C13H13NO4. The summed E-state index contributed by atoms with van der Waals surface area (Å²) in [4.78, 5) is 22.3. The van der Waals surface area contributed by atoms with Crippen LogP contribution in [0.5, 0.6) is 0 Å². The van der Waals surface area contributed by atoms with Crippen LogP contribution in [0.3, 0.4) is 0 Å². The van der Waals surface area contributed by atoms with Gasteiger partial charge in [-0.3, -0.25) is 0 Å². The lowest BCUT2D eigenvalue weighted by atomic mass is 10.1. The number of hydrogen-bond donors (Lipinski definition) is 2. The summed E-state index contributed by atoms with van der Waals surface area (Å²) in [6.07, 6.45) is 0. The molecule has 2 N–H and O–H groups in total. The van der Waals surface area contributed by atoms with Crippen LogP contribution in [0.1, 0.15) is 26.3 Å². The van der Waals surface area contributed by atoms with Gasteiger partial charge in [0.05, 0.1) is 24.8 Å². The average molecular weight is 247 g/mol. The summed E-state index contributed by atoms with van der Waals surface area (Å²) in [5, 5.41) is 11.8. The van der Waals surface area contributed by atoms with Crippen LogP contribution in [0.4, 0.5) is 0 Å². The Labute approximate surface area is 105 Å². The maximum absolute atomic E-state index is 11.4. The lowest BCUT2D eigenvalue weighted by Gasteiger charge is -2.02. The van der Waals surface area contributed by atoms with Crippen LogP contribution in [-0.2, 0) is 4.74 Å². The fourth-order valence-corrected chi connectivity index (χ4v) is 1.29. The number of aromatic carboxylic acids is 1. The van der Waals surface area contributed by atoms with E-state index in [1.54, 1.807) is 7.05 Å². The summed E-state index contributed by atoms with van der Waals surface area (Å²) in [6.45, 7) is 0.477. The van der Waals surface area contributed by atoms with Crippen molar-refractivity contribution < 1.29 is 19.4 Å². The van der Waals surface area contributed by atoms with Crippen LogP contribution < -0.4 is 5.32 Å². The molecule has 0 aliphatic carbocycles. The van der Waals surface area contributed by atoms with E-state index in [-0.39, 0.29) is 11.1 Å². The smallest absolute Gasteiger partial charge is 0.337 e. The Hall–Kier alpha value is -2.32. The first-order chi connectivity index (χ1) is 8.58.